The maximum Gasteiger partial charge on any atom is 0.410 e. The Morgan fingerprint density at radius 1 is 1.24 bits per heavy atom. The van der Waals surface area contributed by atoms with E-state index in [0.29, 0.717) is 19.1 Å². The summed E-state index contributed by atoms with van der Waals surface area (Å²) in [5.74, 6) is 0. The van der Waals surface area contributed by atoms with E-state index < -0.39 is 5.60 Å². The Hall–Kier alpha value is -0.980. The van der Waals surface area contributed by atoms with E-state index in [4.69, 9.17) is 10.1 Å². The van der Waals surface area contributed by atoms with Crippen LogP contribution in [0.1, 0.15) is 33.6 Å². The first-order valence-electron chi connectivity index (χ1n) is 7.28. The van der Waals surface area contributed by atoms with E-state index in [9.17, 15) is 4.79 Å². The normalized spacial score (nSPS) is 16.7. The Morgan fingerprint density at radius 3 is 2.33 bits per heavy atom. The van der Waals surface area contributed by atoms with E-state index in [0.717, 1.165) is 18.5 Å². The van der Waals surface area contributed by atoms with Crippen molar-refractivity contribution in [2.45, 2.75) is 45.3 Å². The number of benzene rings is 1. The molecule has 1 heterocycles. The molecule has 1 aliphatic heterocycles. The van der Waals surface area contributed by atoms with Crippen molar-refractivity contribution in [1.29, 1.82) is 0 Å². The Morgan fingerprint density at radius 2 is 1.81 bits per heavy atom. The van der Waals surface area contributed by atoms with Gasteiger partial charge in [-0.3, -0.25) is 0 Å². The van der Waals surface area contributed by atoms with Gasteiger partial charge in [-0.05, 0) is 56.2 Å². The minimum Gasteiger partial charge on any atom is -0.682 e. The molecule has 0 saturated carbocycles. The van der Waals surface area contributed by atoms with Crippen LogP contribution in [0.15, 0.2) is 24.3 Å². The lowest BCUT2D eigenvalue weighted by molar-refractivity contribution is 0.0212. The number of amides is 1. The molecule has 5 heteroatoms. The van der Waals surface area contributed by atoms with Crippen LogP contribution in [0.25, 0.3) is 5.32 Å². The second kappa shape index (κ2) is 6.85. The second-order valence-electron chi connectivity index (χ2n) is 6.30. The van der Waals surface area contributed by atoms with Gasteiger partial charge in [0.2, 0.25) is 0 Å². The molecule has 1 fully saturated rings. The van der Waals surface area contributed by atoms with Gasteiger partial charge in [0.15, 0.2) is 0 Å². The van der Waals surface area contributed by atoms with Gasteiger partial charge in [0, 0.05) is 16.7 Å². The number of hydrogen-bond donors (Lipinski definition) is 0. The molecule has 21 heavy (non-hydrogen) atoms. The number of carbonyl (C=O) groups excluding carboxylic acids is 1. The fraction of sp³-hybridized carbons (Fsp3) is 0.562. The van der Waals surface area contributed by atoms with Gasteiger partial charge in [-0.25, -0.2) is 4.79 Å². The van der Waals surface area contributed by atoms with Crippen molar-refractivity contribution in [2.75, 3.05) is 13.1 Å². The SMILES string of the molecule is CC(C)(C)OC(=O)N1CCC([N-]c2ccc(I)cc2)CC1. The first-order valence-corrected chi connectivity index (χ1v) is 8.36. The molecular formula is C16H22IN2O2-. The summed E-state index contributed by atoms with van der Waals surface area (Å²) in [4.78, 5) is 13.8. The number of piperidine rings is 1. The highest BCUT2D eigenvalue weighted by atomic mass is 127. The Labute approximate surface area is 140 Å². The smallest absolute Gasteiger partial charge is 0.410 e. The van der Waals surface area contributed by atoms with Crippen LogP contribution in [0.4, 0.5) is 10.5 Å². The van der Waals surface area contributed by atoms with Crippen molar-refractivity contribution < 1.29 is 9.53 Å². The maximum absolute atomic E-state index is 12.0. The van der Waals surface area contributed by atoms with Gasteiger partial charge < -0.3 is 15.0 Å². The summed E-state index contributed by atoms with van der Waals surface area (Å²) in [6.07, 6.45) is 1.58. The van der Waals surface area contributed by atoms with Crippen LogP contribution < -0.4 is 0 Å². The largest absolute Gasteiger partial charge is 0.682 e. The van der Waals surface area contributed by atoms with Crippen molar-refractivity contribution >= 4 is 34.4 Å². The van der Waals surface area contributed by atoms with E-state index in [1.54, 1.807) is 4.90 Å². The van der Waals surface area contributed by atoms with E-state index in [-0.39, 0.29) is 6.09 Å². The summed E-state index contributed by atoms with van der Waals surface area (Å²) < 4.78 is 6.61. The topological polar surface area (TPSA) is 43.6 Å². The fourth-order valence-electron chi connectivity index (χ4n) is 2.24. The predicted octanol–water partition coefficient (Wildman–Crippen LogP) is 4.70. The highest BCUT2D eigenvalue weighted by Crippen LogP contribution is 2.28. The maximum atomic E-state index is 12.0. The highest BCUT2D eigenvalue weighted by Gasteiger charge is 2.24. The summed E-state index contributed by atoms with van der Waals surface area (Å²) in [5, 5.41) is 4.75. The van der Waals surface area contributed by atoms with Gasteiger partial charge in [0.25, 0.3) is 0 Å². The van der Waals surface area contributed by atoms with Gasteiger partial charge in [-0.1, -0.05) is 24.3 Å². The minimum atomic E-state index is -0.431. The zero-order valence-corrected chi connectivity index (χ0v) is 15.0. The number of likely N-dealkylation sites (tertiary alicyclic amines) is 1. The van der Waals surface area contributed by atoms with Gasteiger partial charge in [-0.15, -0.1) is 11.7 Å². The summed E-state index contributed by atoms with van der Waals surface area (Å²) in [6, 6.07) is 8.51. The quantitative estimate of drug-likeness (QED) is 0.675. The lowest BCUT2D eigenvalue weighted by atomic mass is 10.0. The number of rotatable bonds is 2. The average molecular weight is 401 g/mol. The van der Waals surface area contributed by atoms with Crippen molar-refractivity contribution in [2.24, 2.45) is 0 Å². The standard InChI is InChI=1S/C16H22IN2O2/c1-16(2,3)21-15(20)19-10-8-14(9-11-19)18-13-6-4-12(17)5-7-13/h4-7,14H,8-11H2,1-3H3/q-1. The molecular weight excluding hydrogens is 379 g/mol. The molecule has 0 radical (unpaired) electrons. The minimum absolute atomic E-state index is 0.213. The number of hydrogen-bond acceptors (Lipinski definition) is 2. The lowest BCUT2D eigenvalue weighted by Gasteiger charge is -2.40. The molecule has 0 aromatic heterocycles. The summed E-state index contributed by atoms with van der Waals surface area (Å²) in [5.41, 5.74) is 0.589. The second-order valence-corrected chi connectivity index (χ2v) is 7.55. The molecule has 1 aromatic carbocycles. The van der Waals surface area contributed by atoms with Gasteiger partial charge >= 0.3 is 6.09 Å². The molecule has 1 amide bonds. The summed E-state index contributed by atoms with van der Waals surface area (Å²) in [6.45, 7) is 7.11. The molecule has 0 unspecified atom stereocenters. The molecule has 0 atom stereocenters. The molecule has 0 spiro atoms. The number of halogens is 1. The fourth-order valence-corrected chi connectivity index (χ4v) is 2.60. The molecule has 0 aliphatic carbocycles. The molecule has 1 aromatic rings. The number of nitrogens with zero attached hydrogens (tertiary/aromatic N) is 2. The predicted molar refractivity (Wildman–Crippen MR) is 93.0 cm³/mol. The summed E-state index contributed by atoms with van der Waals surface area (Å²) >= 11 is 2.29. The van der Waals surface area contributed by atoms with Crippen LogP contribution >= 0.6 is 22.6 Å². The molecule has 0 N–H and O–H groups in total. The van der Waals surface area contributed by atoms with Gasteiger partial charge in [-0.2, -0.15) is 0 Å². The number of ether oxygens (including phenoxy) is 1. The first kappa shape index (κ1) is 16.4. The zero-order chi connectivity index (χ0) is 15.5. The van der Waals surface area contributed by atoms with E-state index in [2.05, 4.69) is 34.7 Å². The third-order valence-electron chi connectivity index (χ3n) is 3.27. The van der Waals surface area contributed by atoms with Crippen molar-refractivity contribution in [3.05, 3.63) is 33.2 Å². The van der Waals surface area contributed by atoms with Crippen LogP contribution in [-0.4, -0.2) is 35.7 Å². The van der Waals surface area contributed by atoms with E-state index in [1.807, 2.05) is 32.9 Å². The lowest BCUT2D eigenvalue weighted by Crippen LogP contribution is -2.42. The number of carbonyl (C=O) groups is 1. The van der Waals surface area contributed by atoms with E-state index >= 15 is 0 Å². The zero-order valence-electron chi connectivity index (χ0n) is 12.8. The monoisotopic (exact) mass is 401 g/mol. The molecule has 4 nitrogen and oxygen atoms in total. The van der Waals surface area contributed by atoms with Crippen molar-refractivity contribution in [1.82, 2.24) is 4.90 Å². The molecule has 116 valence electrons. The molecule has 0 bridgehead atoms. The van der Waals surface area contributed by atoms with Crippen LogP contribution in [0.3, 0.4) is 0 Å². The van der Waals surface area contributed by atoms with Crippen LogP contribution in [0.2, 0.25) is 0 Å². The van der Waals surface area contributed by atoms with Crippen LogP contribution in [0.5, 0.6) is 0 Å². The Balaban J connectivity index is 1.80. The van der Waals surface area contributed by atoms with Crippen LogP contribution in [-0.2, 0) is 4.74 Å². The van der Waals surface area contributed by atoms with Crippen LogP contribution in [0, 0.1) is 3.57 Å². The van der Waals surface area contributed by atoms with Crippen molar-refractivity contribution in [3.8, 4) is 0 Å². The summed E-state index contributed by atoms with van der Waals surface area (Å²) in [7, 11) is 0. The average Bonchev–Trinajstić information content (AvgIpc) is 2.40. The molecule has 1 aliphatic rings. The van der Waals surface area contributed by atoms with Gasteiger partial charge in [0.05, 0.1) is 0 Å². The molecule has 1 saturated heterocycles. The first-order chi connectivity index (χ1) is 9.83. The molecule has 2 rings (SSSR count). The van der Waals surface area contributed by atoms with E-state index in [1.165, 1.54) is 3.57 Å². The highest BCUT2D eigenvalue weighted by molar-refractivity contribution is 14.1. The van der Waals surface area contributed by atoms with Gasteiger partial charge in [0.1, 0.15) is 5.60 Å². The third kappa shape index (κ3) is 5.37. The Bertz CT molecular complexity index is 474. The Kier molecular flexibility index (Phi) is 5.35. The third-order valence-corrected chi connectivity index (χ3v) is 3.99. The van der Waals surface area contributed by atoms with Crippen molar-refractivity contribution in [3.63, 3.8) is 0 Å².